The first kappa shape index (κ1) is 17.7. The smallest absolute Gasteiger partial charge is 0.325 e. The Kier molecular flexibility index (Phi) is 4.50. The Morgan fingerprint density at radius 2 is 2.00 bits per heavy atom. The molecule has 7 nitrogen and oxygen atoms in total. The monoisotopic (exact) mass is 359 g/mol. The third-order valence-corrected chi connectivity index (χ3v) is 4.35. The van der Waals surface area contributed by atoms with Crippen LogP contribution in [0.5, 0.6) is 0 Å². The third-order valence-electron chi connectivity index (χ3n) is 4.35. The number of nitrogens with one attached hydrogen (secondary N) is 2. The van der Waals surface area contributed by atoms with Gasteiger partial charge in [0.25, 0.3) is 5.91 Å². The lowest BCUT2D eigenvalue weighted by molar-refractivity contribution is -0.135. The molecule has 3 rings (SSSR count). The minimum atomic E-state index is -1.35. The van der Waals surface area contributed by atoms with Gasteiger partial charge in [0, 0.05) is 0 Å². The molecule has 1 aliphatic rings. The normalized spacial score (nSPS) is 20.8. The van der Waals surface area contributed by atoms with Gasteiger partial charge in [0.05, 0.1) is 12.3 Å². The van der Waals surface area contributed by atoms with Crippen LogP contribution in [0, 0.1) is 5.82 Å². The van der Waals surface area contributed by atoms with Crippen molar-refractivity contribution in [3.05, 3.63) is 59.8 Å². The van der Waals surface area contributed by atoms with Crippen molar-refractivity contribution >= 4 is 17.8 Å². The second-order valence-electron chi connectivity index (χ2n) is 6.26. The number of halogens is 1. The maximum Gasteiger partial charge on any atom is 0.325 e. The van der Waals surface area contributed by atoms with Crippen molar-refractivity contribution in [1.29, 1.82) is 0 Å². The average molecular weight is 359 g/mol. The zero-order valence-electron chi connectivity index (χ0n) is 14.3. The van der Waals surface area contributed by atoms with Gasteiger partial charge in [-0.2, -0.15) is 0 Å². The largest absolute Gasteiger partial charge is 0.467 e. The van der Waals surface area contributed by atoms with Crippen LogP contribution in [0.4, 0.5) is 9.18 Å². The van der Waals surface area contributed by atoms with Gasteiger partial charge < -0.3 is 15.1 Å². The molecule has 1 aliphatic heterocycles. The molecule has 1 aromatic carbocycles. The number of furan rings is 1. The van der Waals surface area contributed by atoms with Gasteiger partial charge in [-0.15, -0.1) is 0 Å². The number of hydrogen-bond donors (Lipinski definition) is 2. The first-order valence-electron chi connectivity index (χ1n) is 8.04. The highest BCUT2D eigenvalue weighted by Gasteiger charge is 2.49. The van der Waals surface area contributed by atoms with Crippen molar-refractivity contribution in [2.45, 2.75) is 25.4 Å². The summed E-state index contributed by atoms with van der Waals surface area (Å²) in [7, 11) is 0. The van der Waals surface area contributed by atoms with E-state index in [-0.39, 0.29) is 0 Å². The summed E-state index contributed by atoms with van der Waals surface area (Å²) >= 11 is 0. The Morgan fingerprint density at radius 1 is 1.31 bits per heavy atom. The lowest BCUT2D eigenvalue weighted by atomic mass is 9.92. The molecule has 136 valence electrons. The Labute approximate surface area is 149 Å². The van der Waals surface area contributed by atoms with E-state index in [4.69, 9.17) is 4.42 Å². The number of carbonyl (C=O) groups is 3. The SMILES string of the molecule is C[C@@H](NC(=O)CN1C(=O)N[C@@](C)(c2ccc(F)cc2)C1=O)c1ccco1. The minimum Gasteiger partial charge on any atom is -0.467 e. The van der Waals surface area contributed by atoms with Crippen molar-refractivity contribution in [3.63, 3.8) is 0 Å². The fourth-order valence-corrected chi connectivity index (χ4v) is 2.86. The highest BCUT2D eigenvalue weighted by Crippen LogP contribution is 2.28. The maximum atomic E-state index is 13.1. The van der Waals surface area contributed by atoms with Crippen LogP contribution in [0.3, 0.4) is 0 Å². The molecule has 1 saturated heterocycles. The quantitative estimate of drug-likeness (QED) is 0.800. The van der Waals surface area contributed by atoms with E-state index in [0.29, 0.717) is 11.3 Å². The zero-order valence-corrected chi connectivity index (χ0v) is 14.3. The van der Waals surface area contributed by atoms with Gasteiger partial charge in [0.15, 0.2) is 0 Å². The molecule has 2 aromatic rings. The molecule has 0 saturated carbocycles. The Bertz CT molecular complexity index is 835. The maximum absolute atomic E-state index is 13.1. The number of benzene rings is 1. The molecule has 1 fully saturated rings. The average Bonchev–Trinajstić information content (AvgIpc) is 3.20. The molecule has 4 amide bonds. The number of carbonyl (C=O) groups excluding carboxylic acids is 3. The van der Waals surface area contributed by atoms with Crippen molar-refractivity contribution in [1.82, 2.24) is 15.5 Å². The summed E-state index contributed by atoms with van der Waals surface area (Å²) in [6, 6.07) is 7.60. The van der Waals surface area contributed by atoms with Crippen molar-refractivity contribution in [2.24, 2.45) is 0 Å². The van der Waals surface area contributed by atoms with Gasteiger partial charge in [-0.25, -0.2) is 9.18 Å². The van der Waals surface area contributed by atoms with Gasteiger partial charge >= 0.3 is 6.03 Å². The molecule has 0 unspecified atom stereocenters. The van der Waals surface area contributed by atoms with Gasteiger partial charge in [-0.1, -0.05) is 12.1 Å². The molecule has 8 heteroatoms. The summed E-state index contributed by atoms with van der Waals surface area (Å²) < 4.78 is 18.3. The molecular weight excluding hydrogens is 341 g/mol. The van der Waals surface area contributed by atoms with Gasteiger partial charge in [0.1, 0.15) is 23.7 Å². The molecule has 2 N–H and O–H groups in total. The highest BCUT2D eigenvalue weighted by molar-refractivity contribution is 6.09. The van der Waals surface area contributed by atoms with E-state index in [1.54, 1.807) is 19.1 Å². The lowest BCUT2D eigenvalue weighted by Gasteiger charge is -2.22. The Hall–Kier alpha value is -3.16. The Balaban J connectivity index is 1.71. The first-order chi connectivity index (χ1) is 12.3. The molecule has 2 heterocycles. The van der Waals surface area contributed by atoms with Crippen LogP contribution >= 0.6 is 0 Å². The van der Waals surface area contributed by atoms with Gasteiger partial charge in [-0.3, -0.25) is 14.5 Å². The van der Waals surface area contributed by atoms with E-state index >= 15 is 0 Å². The summed E-state index contributed by atoms with van der Waals surface area (Å²) in [6.45, 7) is 2.82. The van der Waals surface area contributed by atoms with Crippen molar-refractivity contribution < 1.29 is 23.2 Å². The van der Waals surface area contributed by atoms with Crippen LogP contribution in [-0.4, -0.2) is 29.3 Å². The first-order valence-corrected chi connectivity index (χ1v) is 8.04. The molecule has 0 spiro atoms. The van der Waals surface area contributed by atoms with E-state index in [2.05, 4.69) is 10.6 Å². The van der Waals surface area contributed by atoms with Crippen LogP contribution < -0.4 is 10.6 Å². The van der Waals surface area contributed by atoms with Crippen LogP contribution in [0.25, 0.3) is 0 Å². The predicted molar refractivity (Wildman–Crippen MR) is 89.3 cm³/mol. The highest BCUT2D eigenvalue weighted by atomic mass is 19.1. The predicted octanol–water partition coefficient (Wildman–Crippen LogP) is 2.06. The third kappa shape index (κ3) is 3.17. The van der Waals surface area contributed by atoms with Crippen molar-refractivity contribution in [3.8, 4) is 0 Å². The zero-order chi connectivity index (χ0) is 18.9. The summed E-state index contributed by atoms with van der Waals surface area (Å²) in [5.41, 5.74) is -0.915. The second-order valence-corrected chi connectivity index (χ2v) is 6.26. The van der Waals surface area contributed by atoms with Crippen LogP contribution in [-0.2, 0) is 15.1 Å². The van der Waals surface area contributed by atoms with Gasteiger partial charge in [-0.05, 0) is 43.7 Å². The molecule has 0 radical (unpaired) electrons. The van der Waals surface area contributed by atoms with E-state index < -0.39 is 41.8 Å². The molecule has 0 aliphatic carbocycles. The van der Waals surface area contributed by atoms with Crippen LogP contribution in [0.1, 0.15) is 31.2 Å². The number of rotatable bonds is 5. The number of hydrogen-bond acceptors (Lipinski definition) is 4. The summed E-state index contributed by atoms with van der Waals surface area (Å²) in [6.07, 6.45) is 1.49. The summed E-state index contributed by atoms with van der Waals surface area (Å²) in [5, 5.41) is 5.24. The number of amides is 4. The van der Waals surface area contributed by atoms with Gasteiger partial charge in [0.2, 0.25) is 5.91 Å². The minimum absolute atomic E-state index is 0.401. The molecular formula is C18H18FN3O4. The van der Waals surface area contributed by atoms with E-state index in [1.807, 2.05) is 0 Å². The fourth-order valence-electron chi connectivity index (χ4n) is 2.86. The summed E-state index contributed by atoms with van der Waals surface area (Å²) in [5.74, 6) is -0.959. The topological polar surface area (TPSA) is 91.7 Å². The van der Waals surface area contributed by atoms with E-state index in [9.17, 15) is 18.8 Å². The molecule has 26 heavy (non-hydrogen) atoms. The molecule has 2 atom stereocenters. The molecule has 0 bridgehead atoms. The number of imide groups is 1. The summed E-state index contributed by atoms with van der Waals surface area (Å²) in [4.78, 5) is 38.0. The fraction of sp³-hybridized carbons (Fsp3) is 0.278. The Morgan fingerprint density at radius 3 is 2.62 bits per heavy atom. The van der Waals surface area contributed by atoms with Crippen molar-refractivity contribution in [2.75, 3.05) is 6.54 Å². The van der Waals surface area contributed by atoms with Crippen LogP contribution in [0.2, 0.25) is 0 Å². The molecule has 1 aromatic heterocycles. The van der Waals surface area contributed by atoms with E-state index in [1.165, 1.54) is 37.5 Å². The second kappa shape index (κ2) is 6.62. The number of nitrogens with zero attached hydrogens (tertiary/aromatic N) is 1. The number of urea groups is 1. The standard InChI is InChI=1S/C18H18FN3O4/c1-11(14-4-3-9-26-14)20-15(23)10-22-16(24)18(2,21-17(22)25)12-5-7-13(19)8-6-12/h3-9,11H,10H2,1-2H3,(H,20,23)(H,21,25)/t11-,18+/m1/s1. The van der Waals surface area contributed by atoms with Crippen LogP contribution in [0.15, 0.2) is 47.1 Å². The van der Waals surface area contributed by atoms with E-state index in [0.717, 1.165) is 4.90 Å². The lowest BCUT2D eigenvalue weighted by Crippen LogP contribution is -2.43.